The van der Waals surface area contributed by atoms with Crippen molar-refractivity contribution in [3.8, 4) is 11.5 Å². The van der Waals surface area contributed by atoms with Crippen molar-refractivity contribution in [1.82, 2.24) is 10.2 Å². The van der Waals surface area contributed by atoms with Crippen LogP contribution in [-0.4, -0.2) is 44.0 Å². The highest BCUT2D eigenvalue weighted by atomic mass is 35.5. The zero-order valence-electron chi connectivity index (χ0n) is 11.8. The molecule has 1 saturated heterocycles. The molecule has 2 heterocycles. The molecule has 0 spiro atoms. The van der Waals surface area contributed by atoms with E-state index >= 15 is 0 Å². The fourth-order valence-electron chi connectivity index (χ4n) is 2.84. The SMILES string of the molecule is FC(F)(F)C[C@@H](c1cc2c(cc1Cl)OCO2)N1CCNCC1. The second kappa shape index (κ2) is 6.14. The molecule has 3 rings (SSSR count). The molecule has 0 aromatic heterocycles. The second-order valence-electron chi connectivity index (χ2n) is 5.35. The van der Waals surface area contributed by atoms with E-state index in [1.807, 2.05) is 4.90 Å². The topological polar surface area (TPSA) is 33.7 Å². The number of nitrogens with zero attached hydrogens (tertiary/aromatic N) is 1. The van der Waals surface area contributed by atoms with Crippen LogP contribution in [0, 0.1) is 0 Å². The molecule has 8 heteroatoms. The molecule has 1 fully saturated rings. The van der Waals surface area contributed by atoms with E-state index in [1.54, 1.807) is 6.07 Å². The number of halogens is 4. The Hall–Kier alpha value is -1.18. The average molecular weight is 337 g/mol. The molecule has 1 N–H and O–H groups in total. The molecule has 0 aliphatic carbocycles. The Kier molecular flexibility index (Phi) is 4.38. The van der Waals surface area contributed by atoms with Crippen LogP contribution in [0.4, 0.5) is 13.2 Å². The maximum atomic E-state index is 13.0. The monoisotopic (exact) mass is 336 g/mol. The second-order valence-corrected chi connectivity index (χ2v) is 5.76. The van der Waals surface area contributed by atoms with Gasteiger partial charge in [-0.1, -0.05) is 11.6 Å². The summed E-state index contributed by atoms with van der Waals surface area (Å²) in [5.74, 6) is 0.918. The number of fused-ring (bicyclic) bond motifs is 1. The summed E-state index contributed by atoms with van der Waals surface area (Å²) >= 11 is 6.21. The van der Waals surface area contributed by atoms with Gasteiger partial charge in [-0.05, 0) is 11.6 Å². The zero-order chi connectivity index (χ0) is 15.7. The van der Waals surface area contributed by atoms with Crippen LogP contribution in [0.3, 0.4) is 0 Å². The van der Waals surface area contributed by atoms with Gasteiger partial charge in [0.2, 0.25) is 6.79 Å². The van der Waals surface area contributed by atoms with Gasteiger partial charge in [0.15, 0.2) is 11.5 Å². The number of piperazine rings is 1. The summed E-state index contributed by atoms with van der Waals surface area (Å²) in [5.41, 5.74) is 0.435. The van der Waals surface area contributed by atoms with Crippen molar-refractivity contribution in [2.24, 2.45) is 0 Å². The molecule has 2 aliphatic heterocycles. The number of rotatable bonds is 3. The third-order valence-corrected chi connectivity index (χ3v) is 4.20. The number of alkyl halides is 3. The van der Waals surface area contributed by atoms with Crippen LogP contribution in [0.15, 0.2) is 12.1 Å². The molecule has 22 heavy (non-hydrogen) atoms. The highest BCUT2D eigenvalue weighted by Gasteiger charge is 2.37. The van der Waals surface area contributed by atoms with Crippen molar-refractivity contribution in [1.29, 1.82) is 0 Å². The third-order valence-electron chi connectivity index (χ3n) is 3.87. The maximum absolute atomic E-state index is 13.0. The molecule has 0 amide bonds. The van der Waals surface area contributed by atoms with Crippen LogP contribution >= 0.6 is 11.6 Å². The highest BCUT2D eigenvalue weighted by molar-refractivity contribution is 6.31. The summed E-state index contributed by atoms with van der Waals surface area (Å²) in [5, 5.41) is 3.41. The van der Waals surface area contributed by atoms with Gasteiger partial charge in [-0.2, -0.15) is 13.2 Å². The van der Waals surface area contributed by atoms with Crippen LogP contribution < -0.4 is 14.8 Å². The van der Waals surface area contributed by atoms with E-state index in [2.05, 4.69) is 5.32 Å². The van der Waals surface area contributed by atoms with E-state index in [0.29, 0.717) is 43.2 Å². The lowest BCUT2D eigenvalue weighted by Crippen LogP contribution is -2.46. The van der Waals surface area contributed by atoms with Gasteiger partial charge < -0.3 is 14.8 Å². The summed E-state index contributed by atoms with van der Waals surface area (Å²) in [7, 11) is 0. The average Bonchev–Trinajstić information content (AvgIpc) is 2.91. The number of hydrogen-bond acceptors (Lipinski definition) is 4. The molecule has 1 atom stereocenters. The Morgan fingerprint density at radius 1 is 1.18 bits per heavy atom. The van der Waals surface area contributed by atoms with Gasteiger partial charge in [0.05, 0.1) is 6.42 Å². The number of hydrogen-bond donors (Lipinski definition) is 1. The summed E-state index contributed by atoms with van der Waals surface area (Å²) in [6, 6.07) is 2.29. The fraction of sp³-hybridized carbons (Fsp3) is 0.571. The van der Waals surface area contributed by atoms with E-state index in [4.69, 9.17) is 21.1 Å². The van der Waals surface area contributed by atoms with Crippen LogP contribution in [0.1, 0.15) is 18.0 Å². The van der Waals surface area contributed by atoms with Gasteiger partial charge in [-0.25, -0.2) is 0 Å². The van der Waals surface area contributed by atoms with Crippen LogP contribution in [0.2, 0.25) is 5.02 Å². The molecule has 0 saturated carbocycles. The minimum atomic E-state index is -4.27. The smallest absolute Gasteiger partial charge is 0.390 e. The van der Waals surface area contributed by atoms with Crippen molar-refractivity contribution < 1.29 is 22.6 Å². The number of benzene rings is 1. The summed E-state index contributed by atoms with van der Waals surface area (Å²) in [6.07, 6.45) is -5.21. The van der Waals surface area contributed by atoms with E-state index in [9.17, 15) is 13.2 Å². The van der Waals surface area contributed by atoms with Crippen LogP contribution in [-0.2, 0) is 0 Å². The van der Waals surface area contributed by atoms with E-state index < -0.39 is 18.6 Å². The third kappa shape index (κ3) is 3.42. The predicted octanol–water partition coefficient (Wildman–Crippen LogP) is 2.97. The van der Waals surface area contributed by atoms with Gasteiger partial charge in [0.1, 0.15) is 0 Å². The quantitative estimate of drug-likeness (QED) is 0.920. The Labute approximate surface area is 131 Å². The Bertz CT molecular complexity index is 548. The van der Waals surface area contributed by atoms with Crippen LogP contribution in [0.25, 0.3) is 0 Å². The molecule has 2 aliphatic rings. The van der Waals surface area contributed by atoms with E-state index in [0.717, 1.165) is 0 Å². The molecule has 1 aromatic rings. The normalized spacial score (nSPS) is 20.2. The molecule has 0 radical (unpaired) electrons. The standard InChI is InChI=1S/C14H16ClF3N2O2/c15-10-6-13-12(21-8-22-13)5-9(10)11(7-14(16,17)18)20-3-1-19-2-4-20/h5-6,11,19H,1-4,7-8H2/t11-/m0/s1. The van der Waals surface area contributed by atoms with E-state index in [-0.39, 0.29) is 11.8 Å². The lowest BCUT2D eigenvalue weighted by atomic mass is 10.00. The minimum absolute atomic E-state index is 0.0622. The Morgan fingerprint density at radius 2 is 1.82 bits per heavy atom. The largest absolute Gasteiger partial charge is 0.454 e. The summed E-state index contributed by atoms with van der Waals surface area (Å²) < 4.78 is 49.5. The highest BCUT2D eigenvalue weighted by Crippen LogP contribution is 2.43. The van der Waals surface area contributed by atoms with Crippen molar-refractivity contribution in [2.45, 2.75) is 18.6 Å². The zero-order valence-corrected chi connectivity index (χ0v) is 12.5. The van der Waals surface area contributed by atoms with Crippen molar-refractivity contribution >= 4 is 11.6 Å². The Balaban J connectivity index is 1.94. The summed E-state index contributed by atoms with van der Waals surface area (Å²) in [4.78, 5) is 1.81. The first-order chi connectivity index (χ1) is 10.4. The molecular weight excluding hydrogens is 321 g/mol. The molecular formula is C14H16ClF3N2O2. The summed E-state index contributed by atoms with van der Waals surface area (Å²) in [6.45, 7) is 2.48. The van der Waals surface area contributed by atoms with Gasteiger partial charge in [0.25, 0.3) is 0 Å². The van der Waals surface area contributed by atoms with Gasteiger partial charge in [-0.3, -0.25) is 4.90 Å². The Morgan fingerprint density at radius 3 is 2.45 bits per heavy atom. The van der Waals surface area contributed by atoms with Gasteiger partial charge >= 0.3 is 6.18 Å². The van der Waals surface area contributed by atoms with E-state index in [1.165, 1.54) is 6.07 Å². The first kappa shape index (κ1) is 15.7. The van der Waals surface area contributed by atoms with Crippen LogP contribution in [0.5, 0.6) is 11.5 Å². The van der Waals surface area contributed by atoms with Gasteiger partial charge in [-0.15, -0.1) is 0 Å². The maximum Gasteiger partial charge on any atom is 0.390 e. The first-order valence-corrected chi connectivity index (χ1v) is 7.42. The van der Waals surface area contributed by atoms with Crippen molar-refractivity contribution in [2.75, 3.05) is 33.0 Å². The number of nitrogens with one attached hydrogen (secondary N) is 1. The fourth-order valence-corrected chi connectivity index (χ4v) is 3.12. The number of ether oxygens (including phenoxy) is 2. The molecule has 0 bridgehead atoms. The first-order valence-electron chi connectivity index (χ1n) is 7.04. The molecule has 0 unspecified atom stereocenters. The predicted molar refractivity (Wildman–Crippen MR) is 75.4 cm³/mol. The van der Waals surface area contributed by atoms with Gasteiger partial charge in [0, 0.05) is 43.3 Å². The van der Waals surface area contributed by atoms with Crippen molar-refractivity contribution in [3.63, 3.8) is 0 Å². The minimum Gasteiger partial charge on any atom is -0.454 e. The van der Waals surface area contributed by atoms with Crippen molar-refractivity contribution in [3.05, 3.63) is 22.7 Å². The lowest BCUT2D eigenvalue weighted by molar-refractivity contribution is -0.148. The molecule has 122 valence electrons. The molecule has 4 nitrogen and oxygen atoms in total. The lowest BCUT2D eigenvalue weighted by Gasteiger charge is -2.36. The molecule has 1 aromatic carbocycles.